The minimum Gasteiger partial charge on any atom is -0.461 e. The van der Waals surface area contributed by atoms with Crippen molar-refractivity contribution in [2.24, 2.45) is 5.92 Å². The van der Waals surface area contributed by atoms with E-state index in [4.69, 9.17) is 9.47 Å². The highest BCUT2D eigenvalue weighted by atomic mass is 16.7. The third kappa shape index (κ3) is 1.37. The first kappa shape index (κ1) is 11.1. The van der Waals surface area contributed by atoms with Crippen molar-refractivity contribution in [2.45, 2.75) is 51.9 Å². The van der Waals surface area contributed by atoms with Crippen LogP contribution >= 0.6 is 0 Å². The van der Waals surface area contributed by atoms with Gasteiger partial charge in [0, 0.05) is 17.9 Å². The molecular formula is C15H20O2. The van der Waals surface area contributed by atoms with Crippen LogP contribution < -0.4 is 4.74 Å². The van der Waals surface area contributed by atoms with Gasteiger partial charge >= 0.3 is 0 Å². The molecule has 2 heteroatoms. The Morgan fingerprint density at radius 3 is 2.71 bits per heavy atom. The Balaban J connectivity index is 2.18. The second-order valence-corrected chi connectivity index (χ2v) is 5.85. The Bertz CT molecular complexity index is 466. The largest absolute Gasteiger partial charge is 0.461 e. The average Bonchev–Trinajstić information content (AvgIpc) is 2.56. The summed E-state index contributed by atoms with van der Waals surface area (Å²) in [7, 11) is 0. The van der Waals surface area contributed by atoms with Gasteiger partial charge in [0.1, 0.15) is 5.75 Å². The highest BCUT2D eigenvalue weighted by molar-refractivity contribution is 5.46. The van der Waals surface area contributed by atoms with E-state index in [9.17, 15) is 0 Å². The molecule has 0 amide bonds. The summed E-state index contributed by atoms with van der Waals surface area (Å²) in [6.45, 7) is 8.66. The van der Waals surface area contributed by atoms with Gasteiger partial charge in [-0.2, -0.15) is 0 Å². The van der Waals surface area contributed by atoms with Crippen molar-refractivity contribution in [1.82, 2.24) is 0 Å². The lowest BCUT2D eigenvalue weighted by molar-refractivity contribution is -0.245. The third-order valence-corrected chi connectivity index (χ3v) is 4.28. The molecule has 2 aliphatic heterocycles. The van der Waals surface area contributed by atoms with Crippen molar-refractivity contribution in [3.63, 3.8) is 0 Å². The molecule has 0 N–H and O–H groups in total. The first-order valence-corrected chi connectivity index (χ1v) is 6.46. The fourth-order valence-corrected chi connectivity index (χ4v) is 3.06. The highest BCUT2D eigenvalue weighted by Gasteiger charge is 2.56. The normalized spacial score (nSPS) is 34.6. The van der Waals surface area contributed by atoms with Crippen molar-refractivity contribution in [2.75, 3.05) is 0 Å². The Morgan fingerprint density at radius 1 is 1.24 bits per heavy atom. The van der Waals surface area contributed by atoms with E-state index in [2.05, 4.69) is 45.9 Å². The molecule has 17 heavy (non-hydrogen) atoms. The van der Waals surface area contributed by atoms with Crippen LogP contribution in [0.1, 0.15) is 44.7 Å². The molecule has 2 aliphatic rings. The van der Waals surface area contributed by atoms with Gasteiger partial charge in [-0.15, -0.1) is 0 Å². The summed E-state index contributed by atoms with van der Waals surface area (Å²) in [5.41, 5.74) is 2.26. The van der Waals surface area contributed by atoms with Crippen molar-refractivity contribution in [3.05, 3.63) is 29.3 Å². The van der Waals surface area contributed by atoms with E-state index in [1.54, 1.807) is 0 Å². The van der Waals surface area contributed by atoms with Gasteiger partial charge in [-0.25, -0.2) is 0 Å². The van der Waals surface area contributed by atoms with E-state index >= 15 is 0 Å². The fourth-order valence-electron chi connectivity index (χ4n) is 3.06. The molecule has 2 heterocycles. The number of para-hydroxylation sites is 1. The molecule has 1 saturated heterocycles. The molecule has 92 valence electrons. The van der Waals surface area contributed by atoms with E-state index in [1.807, 2.05) is 0 Å². The van der Waals surface area contributed by atoms with Crippen LogP contribution in [0.4, 0.5) is 0 Å². The molecule has 0 aliphatic carbocycles. The molecule has 2 nitrogen and oxygen atoms in total. The fraction of sp³-hybridized carbons (Fsp3) is 0.600. The molecule has 2 bridgehead atoms. The van der Waals surface area contributed by atoms with Crippen molar-refractivity contribution >= 4 is 0 Å². The van der Waals surface area contributed by atoms with Gasteiger partial charge in [-0.1, -0.05) is 32.0 Å². The third-order valence-electron chi connectivity index (χ3n) is 4.28. The Hall–Kier alpha value is -1.02. The molecule has 0 spiro atoms. The molecule has 0 unspecified atom stereocenters. The topological polar surface area (TPSA) is 18.5 Å². The second kappa shape index (κ2) is 3.26. The lowest BCUT2D eigenvalue weighted by Gasteiger charge is -2.42. The number of benzene rings is 1. The molecule has 0 aromatic heterocycles. The second-order valence-electron chi connectivity index (χ2n) is 5.85. The van der Waals surface area contributed by atoms with Crippen molar-refractivity contribution in [1.29, 1.82) is 0 Å². The number of ether oxygens (including phenoxy) is 2. The van der Waals surface area contributed by atoms with Crippen LogP contribution in [0, 0.1) is 12.8 Å². The molecule has 1 aromatic carbocycles. The molecule has 1 fully saturated rings. The van der Waals surface area contributed by atoms with Gasteiger partial charge in [0.05, 0.1) is 5.60 Å². The van der Waals surface area contributed by atoms with Crippen LogP contribution in [0.25, 0.3) is 0 Å². The van der Waals surface area contributed by atoms with E-state index in [1.165, 1.54) is 11.1 Å². The van der Waals surface area contributed by atoms with Crippen LogP contribution in [0.5, 0.6) is 5.75 Å². The van der Waals surface area contributed by atoms with E-state index in [0.717, 1.165) is 18.6 Å². The maximum atomic E-state index is 6.29. The Morgan fingerprint density at radius 2 is 2.00 bits per heavy atom. The van der Waals surface area contributed by atoms with Gasteiger partial charge in [0.25, 0.3) is 0 Å². The smallest absolute Gasteiger partial charge is 0.213 e. The summed E-state index contributed by atoms with van der Waals surface area (Å²) < 4.78 is 12.5. The summed E-state index contributed by atoms with van der Waals surface area (Å²) in [6.07, 6.45) is 2.02. The zero-order valence-electron chi connectivity index (χ0n) is 11.0. The minimum absolute atomic E-state index is 0.163. The molecule has 0 radical (unpaired) electrons. The Kier molecular flexibility index (Phi) is 2.13. The van der Waals surface area contributed by atoms with E-state index in [0.29, 0.717) is 5.92 Å². The number of hydrogen-bond donors (Lipinski definition) is 0. The summed E-state index contributed by atoms with van der Waals surface area (Å²) in [4.78, 5) is 0. The van der Waals surface area contributed by atoms with Crippen LogP contribution in [0.2, 0.25) is 0 Å². The van der Waals surface area contributed by atoms with E-state index in [-0.39, 0.29) is 5.60 Å². The minimum atomic E-state index is -0.409. The van der Waals surface area contributed by atoms with Gasteiger partial charge in [-0.05, 0) is 25.8 Å². The Labute approximate surface area is 103 Å². The summed E-state index contributed by atoms with van der Waals surface area (Å²) in [6, 6.07) is 6.34. The van der Waals surface area contributed by atoms with Gasteiger partial charge < -0.3 is 9.47 Å². The number of aryl methyl sites for hydroxylation is 1. The average molecular weight is 232 g/mol. The first-order valence-electron chi connectivity index (χ1n) is 6.46. The lowest BCUT2D eigenvalue weighted by Crippen LogP contribution is -2.46. The first-order chi connectivity index (χ1) is 7.97. The molecule has 2 atom stereocenters. The molecular weight excluding hydrogens is 212 g/mol. The summed E-state index contributed by atoms with van der Waals surface area (Å²) >= 11 is 0. The predicted molar refractivity (Wildman–Crippen MR) is 67.0 cm³/mol. The highest BCUT2D eigenvalue weighted by Crippen LogP contribution is 2.55. The zero-order chi connectivity index (χ0) is 12.3. The van der Waals surface area contributed by atoms with Crippen LogP contribution in [0.15, 0.2) is 18.2 Å². The van der Waals surface area contributed by atoms with Crippen LogP contribution in [-0.4, -0.2) is 5.79 Å². The zero-order valence-corrected chi connectivity index (χ0v) is 11.0. The number of fused-ring (bicyclic) bond motifs is 4. The van der Waals surface area contributed by atoms with E-state index < -0.39 is 5.79 Å². The van der Waals surface area contributed by atoms with Gasteiger partial charge in [-0.3, -0.25) is 0 Å². The molecule has 3 rings (SSSR count). The predicted octanol–water partition coefficient (Wildman–Crippen LogP) is 3.77. The van der Waals surface area contributed by atoms with Crippen molar-refractivity contribution < 1.29 is 9.47 Å². The lowest BCUT2D eigenvalue weighted by atomic mass is 9.91. The number of hydrogen-bond acceptors (Lipinski definition) is 2. The maximum Gasteiger partial charge on any atom is 0.213 e. The molecule has 1 aromatic rings. The van der Waals surface area contributed by atoms with Gasteiger partial charge in [0.2, 0.25) is 5.79 Å². The molecule has 0 saturated carbocycles. The van der Waals surface area contributed by atoms with Crippen molar-refractivity contribution in [3.8, 4) is 5.75 Å². The summed E-state index contributed by atoms with van der Waals surface area (Å²) in [5.74, 6) is 1.01. The van der Waals surface area contributed by atoms with Crippen LogP contribution in [-0.2, 0) is 10.3 Å². The standard InChI is InChI=1S/C15H20O2/c1-10(2)15-9-8-14(4,17-15)12-7-5-6-11(3)13(12)16-15/h5-7,10H,8-9H2,1-4H3/t14-,15-/m1/s1. The monoisotopic (exact) mass is 232 g/mol. The maximum absolute atomic E-state index is 6.29. The number of rotatable bonds is 1. The quantitative estimate of drug-likeness (QED) is 0.734. The van der Waals surface area contributed by atoms with Crippen LogP contribution in [0.3, 0.4) is 0 Å². The van der Waals surface area contributed by atoms with Gasteiger partial charge in [0.15, 0.2) is 0 Å². The summed E-state index contributed by atoms with van der Waals surface area (Å²) in [5, 5.41) is 0. The SMILES string of the molecule is Cc1cccc2c1O[C@]1(C(C)C)CC[C@@]2(C)O1.